The largest absolute Gasteiger partial charge is 0.372 e. The normalized spacial score (nSPS) is 20.1. The van der Waals surface area contributed by atoms with Crippen molar-refractivity contribution < 1.29 is 14.4 Å². The predicted molar refractivity (Wildman–Crippen MR) is 138 cm³/mol. The Morgan fingerprint density at radius 1 is 0.861 bits per heavy atom. The van der Waals surface area contributed by atoms with E-state index < -0.39 is 17.5 Å². The number of nitrogens with zero attached hydrogens (tertiary/aromatic N) is 4. The van der Waals surface area contributed by atoms with Gasteiger partial charge < -0.3 is 15.5 Å². The molecular weight excluding hydrogens is 454 g/mol. The van der Waals surface area contributed by atoms with E-state index in [2.05, 4.69) is 34.1 Å². The zero-order valence-electron chi connectivity index (χ0n) is 20.8. The van der Waals surface area contributed by atoms with Crippen LogP contribution in [-0.2, 0) is 22.6 Å². The summed E-state index contributed by atoms with van der Waals surface area (Å²) in [5, 5.41) is 0. The van der Waals surface area contributed by atoms with Crippen LogP contribution in [0.2, 0.25) is 0 Å². The minimum Gasteiger partial charge on any atom is -0.372 e. The molecule has 3 fully saturated rings. The molecule has 0 radical (unpaired) electrons. The first-order valence-corrected chi connectivity index (χ1v) is 13.0. The molecule has 3 heterocycles. The molecular formula is C28H35N5O3. The number of hydrogen-bond donors (Lipinski definition) is 1. The van der Waals surface area contributed by atoms with E-state index in [4.69, 9.17) is 5.73 Å². The maximum absolute atomic E-state index is 13.5. The number of amides is 4. The molecule has 3 saturated heterocycles. The maximum atomic E-state index is 13.5. The van der Waals surface area contributed by atoms with Crippen LogP contribution in [0.25, 0.3) is 0 Å². The molecule has 0 aliphatic carbocycles. The number of benzene rings is 2. The summed E-state index contributed by atoms with van der Waals surface area (Å²) in [6.45, 7) is 4.56. The van der Waals surface area contributed by atoms with Crippen molar-refractivity contribution in [3.63, 3.8) is 0 Å². The molecule has 0 saturated carbocycles. The molecule has 8 nitrogen and oxygen atoms in total. The van der Waals surface area contributed by atoms with Gasteiger partial charge in [-0.3, -0.25) is 19.4 Å². The van der Waals surface area contributed by atoms with Crippen LogP contribution in [-0.4, -0.2) is 77.4 Å². The van der Waals surface area contributed by atoms with Gasteiger partial charge in [-0.05, 0) is 55.4 Å². The summed E-state index contributed by atoms with van der Waals surface area (Å²) in [7, 11) is 0. The van der Waals surface area contributed by atoms with E-state index in [1.54, 1.807) is 4.90 Å². The fourth-order valence-electron chi connectivity index (χ4n) is 5.88. The zero-order chi connectivity index (χ0) is 25.1. The maximum Gasteiger partial charge on any atom is 0.328 e. The summed E-state index contributed by atoms with van der Waals surface area (Å²) in [6.07, 6.45) is 4.27. The number of piperidine rings is 1. The van der Waals surface area contributed by atoms with E-state index in [1.165, 1.54) is 24.1 Å². The van der Waals surface area contributed by atoms with E-state index in [1.807, 2.05) is 30.3 Å². The summed E-state index contributed by atoms with van der Waals surface area (Å²) in [6, 6.07) is 18.3. The molecule has 36 heavy (non-hydrogen) atoms. The van der Waals surface area contributed by atoms with Crippen LogP contribution in [0.1, 0.15) is 36.8 Å². The monoisotopic (exact) mass is 489 g/mol. The molecule has 190 valence electrons. The zero-order valence-corrected chi connectivity index (χ0v) is 20.8. The van der Waals surface area contributed by atoms with Crippen molar-refractivity contribution in [2.45, 2.75) is 44.2 Å². The second kappa shape index (κ2) is 10.3. The highest BCUT2D eigenvalue weighted by Crippen LogP contribution is 2.38. The third-order valence-electron chi connectivity index (χ3n) is 7.90. The molecule has 4 amide bonds. The highest BCUT2D eigenvalue weighted by Gasteiger charge is 2.57. The number of rotatable bonds is 8. The quantitative estimate of drug-likeness (QED) is 0.576. The fraction of sp³-hybridized carbons (Fsp3) is 0.464. The molecule has 0 atom stereocenters. The van der Waals surface area contributed by atoms with Crippen molar-refractivity contribution >= 4 is 23.5 Å². The van der Waals surface area contributed by atoms with Gasteiger partial charge in [0.2, 0.25) is 5.91 Å². The molecule has 0 bridgehead atoms. The Balaban J connectivity index is 1.26. The number of hydrogen-bond acceptors (Lipinski definition) is 5. The van der Waals surface area contributed by atoms with Crippen LogP contribution in [0.3, 0.4) is 0 Å². The van der Waals surface area contributed by atoms with Gasteiger partial charge in [0.15, 0.2) is 0 Å². The van der Waals surface area contributed by atoms with Crippen LogP contribution >= 0.6 is 0 Å². The highest BCUT2D eigenvalue weighted by atomic mass is 16.2. The van der Waals surface area contributed by atoms with Crippen molar-refractivity contribution in [3.8, 4) is 0 Å². The van der Waals surface area contributed by atoms with Crippen LogP contribution in [0.4, 0.5) is 10.5 Å². The lowest BCUT2D eigenvalue weighted by atomic mass is 9.85. The number of imide groups is 1. The van der Waals surface area contributed by atoms with Gasteiger partial charge >= 0.3 is 6.03 Å². The molecule has 3 aliphatic rings. The topological polar surface area (TPSA) is 90.2 Å². The summed E-state index contributed by atoms with van der Waals surface area (Å²) in [5.74, 6) is -0.958. The fourth-order valence-corrected chi connectivity index (χ4v) is 5.88. The lowest BCUT2D eigenvalue weighted by molar-refractivity contribution is -0.137. The van der Waals surface area contributed by atoms with E-state index in [0.717, 1.165) is 30.1 Å². The van der Waals surface area contributed by atoms with Crippen LogP contribution in [0, 0.1) is 0 Å². The van der Waals surface area contributed by atoms with Crippen molar-refractivity contribution in [2.24, 2.45) is 5.73 Å². The summed E-state index contributed by atoms with van der Waals surface area (Å²) in [5.41, 5.74) is 8.10. The third kappa shape index (κ3) is 4.82. The molecule has 8 heteroatoms. The number of likely N-dealkylation sites (tertiary alicyclic amines) is 1. The molecule has 2 aromatic carbocycles. The first-order valence-electron chi connectivity index (χ1n) is 13.0. The summed E-state index contributed by atoms with van der Waals surface area (Å²) < 4.78 is 0. The molecule has 2 aromatic rings. The average molecular weight is 490 g/mol. The lowest BCUT2D eigenvalue weighted by Crippen LogP contribution is -2.56. The average Bonchev–Trinajstić information content (AvgIpc) is 3.49. The van der Waals surface area contributed by atoms with E-state index in [9.17, 15) is 14.4 Å². The number of primary amides is 1. The first kappa shape index (κ1) is 24.3. The van der Waals surface area contributed by atoms with Gasteiger partial charge in [-0.25, -0.2) is 4.79 Å². The lowest BCUT2D eigenvalue weighted by Gasteiger charge is -2.42. The Kier molecular flexibility index (Phi) is 6.96. The molecule has 0 unspecified atom stereocenters. The first-order chi connectivity index (χ1) is 17.5. The molecule has 5 rings (SSSR count). The van der Waals surface area contributed by atoms with Crippen LogP contribution in [0.5, 0.6) is 0 Å². The van der Waals surface area contributed by atoms with Crippen LogP contribution < -0.4 is 10.6 Å². The summed E-state index contributed by atoms with van der Waals surface area (Å²) in [4.78, 5) is 45.9. The van der Waals surface area contributed by atoms with Gasteiger partial charge in [-0.15, -0.1) is 0 Å². The van der Waals surface area contributed by atoms with Gasteiger partial charge in [-0.1, -0.05) is 42.5 Å². The second-order valence-corrected chi connectivity index (χ2v) is 10.2. The molecule has 1 spiro atoms. The number of carbonyl (C=O) groups excluding carboxylic acids is 3. The Labute approximate surface area is 212 Å². The SMILES string of the molecule is NC(=O)CN1C(=O)N(CCc2ccccc2)C2(CCN(Cc3ccc(N4CCCC4)cc3)CC2)C1=O. The minimum absolute atomic E-state index is 0.283. The van der Waals surface area contributed by atoms with Crippen molar-refractivity contribution in [3.05, 3.63) is 65.7 Å². The van der Waals surface area contributed by atoms with Gasteiger partial charge in [0.1, 0.15) is 12.1 Å². The Morgan fingerprint density at radius 2 is 1.53 bits per heavy atom. The van der Waals surface area contributed by atoms with Crippen molar-refractivity contribution in [1.82, 2.24) is 14.7 Å². The van der Waals surface area contributed by atoms with Gasteiger partial charge in [-0.2, -0.15) is 0 Å². The Hall–Kier alpha value is -3.39. The van der Waals surface area contributed by atoms with E-state index in [0.29, 0.717) is 38.9 Å². The van der Waals surface area contributed by atoms with Crippen molar-refractivity contribution in [2.75, 3.05) is 44.2 Å². The predicted octanol–water partition coefficient (Wildman–Crippen LogP) is 2.61. The number of anilines is 1. The van der Waals surface area contributed by atoms with E-state index >= 15 is 0 Å². The summed E-state index contributed by atoms with van der Waals surface area (Å²) >= 11 is 0. The molecule has 2 N–H and O–H groups in total. The molecule has 3 aliphatic heterocycles. The van der Waals surface area contributed by atoms with Crippen LogP contribution in [0.15, 0.2) is 54.6 Å². The minimum atomic E-state index is -0.905. The highest BCUT2D eigenvalue weighted by molar-refractivity contribution is 6.09. The second-order valence-electron chi connectivity index (χ2n) is 10.2. The van der Waals surface area contributed by atoms with Gasteiger partial charge in [0, 0.05) is 45.0 Å². The Morgan fingerprint density at radius 3 is 2.17 bits per heavy atom. The molecule has 0 aromatic heterocycles. The van der Waals surface area contributed by atoms with E-state index in [-0.39, 0.29) is 12.5 Å². The smallest absolute Gasteiger partial charge is 0.328 e. The standard InChI is InChI=1S/C28H35N5O3/c29-25(34)21-32-26(35)28(33(27(32)36)17-12-22-6-2-1-3-7-22)13-18-30(19-14-28)20-23-8-10-24(11-9-23)31-15-4-5-16-31/h1-3,6-11H,4-5,12-21H2,(H2,29,34). The number of carbonyl (C=O) groups is 3. The number of nitrogens with two attached hydrogens (primary N) is 1. The van der Waals surface area contributed by atoms with Gasteiger partial charge in [0.05, 0.1) is 0 Å². The number of urea groups is 1. The van der Waals surface area contributed by atoms with Crippen molar-refractivity contribution in [1.29, 1.82) is 0 Å². The Bertz CT molecular complexity index is 1090. The van der Waals surface area contributed by atoms with Gasteiger partial charge in [0.25, 0.3) is 5.91 Å². The third-order valence-corrected chi connectivity index (χ3v) is 7.90.